The first-order chi connectivity index (χ1) is 7.58. The van der Waals surface area contributed by atoms with Crippen molar-refractivity contribution >= 4 is 5.97 Å². The molecule has 1 heterocycles. The van der Waals surface area contributed by atoms with Gasteiger partial charge in [0.05, 0.1) is 5.69 Å². The number of nitrogens with zero attached hydrogens (tertiary/aromatic N) is 1. The van der Waals surface area contributed by atoms with Crippen molar-refractivity contribution in [3.63, 3.8) is 0 Å². The van der Waals surface area contributed by atoms with Crippen molar-refractivity contribution in [2.45, 2.75) is 6.92 Å². The number of aromatic amines is 1. The van der Waals surface area contributed by atoms with Gasteiger partial charge in [-0.25, -0.2) is 4.79 Å². The molecular weight excluding hydrogens is 208 g/mol. The van der Waals surface area contributed by atoms with E-state index in [-0.39, 0.29) is 5.56 Å². The van der Waals surface area contributed by atoms with Crippen molar-refractivity contribution in [1.82, 2.24) is 9.78 Å². The lowest BCUT2D eigenvalue weighted by atomic mass is 10.2. The first kappa shape index (κ1) is 10.2. The van der Waals surface area contributed by atoms with E-state index in [2.05, 4.69) is 5.10 Å². The summed E-state index contributed by atoms with van der Waals surface area (Å²) in [6.45, 7) is 1.92. The average molecular weight is 218 g/mol. The minimum absolute atomic E-state index is 0.262. The lowest BCUT2D eigenvalue weighted by molar-refractivity contribution is 0.0695. The van der Waals surface area contributed by atoms with E-state index >= 15 is 0 Å². The zero-order chi connectivity index (χ0) is 11.7. The largest absolute Gasteiger partial charge is 0.477 e. The molecule has 0 aliphatic rings. The number of hydrogen-bond donors (Lipinski definition) is 2. The second-order valence-corrected chi connectivity index (χ2v) is 3.50. The molecule has 1 aromatic heterocycles. The molecular formula is C11H10N2O3. The van der Waals surface area contributed by atoms with Gasteiger partial charge in [0, 0.05) is 6.20 Å². The number of carboxylic acids is 1. The van der Waals surface area contributed by atoms with Crippen LogP contribution >= 0.6 is 0 Å². The molecule has 0 unspecified atom stereocenters. The highest BCUT2D eigenvalue weighted by Crippen LogP contribution is 2.08. The molecule has 2 rings (SSSR count). The van der Waals surface area contributed by atoms with E-state index in [1.54, 1.807) is 6.07 Å². The summed E-state index contributed by atoms with van der Waals surface area (Å²) in [5, 5.41) is 11.2. The van der Waals surface area contributed by atoms with E-state index in [0.29, 0.717) is 0 Å². The van der Waals surface area contributed by atoms with Gasteiger partial charge in [-0.05, 0) is 24.6 Å². The number of nitrogens with one attached hydrogen (secondary N) is 1. The van der Waals surface area contributed by atoms with Crippen molar-refractivity contribution in [3.05, 3.63) is 51.9 Å². The number of aromatic nitrogens is 2. The van der Waals surface area contributed by atoms with Gasteiger partial charge in [-0.3, -0.25) is 14.6 Å². The Balaban J connectivity index is 2.54. The third-order valence-corrected chi connectivity index (χ3v) is 2.24. The van der Waals surface area contributed by atoms with Crippen LogP contribution in [0.2, 0.25) is 0 Å². The smallest absolute Gasteiger partial charge is 0.342 e. The number of carbonyl (C=O) groups is 1. The fourth-order valence-electron chi connectivity index (χ4n) is 1.46. The van der Waals surface area contributed by atoms with Gasteiger partial charge in [0.2, 0.25) is 0 Å². The number of rotatable bonds is 2. The molecule has 0 bridgehead atoms. The summed E-state index contributed by atoms with van der Waals surface area (Å²) < 4.78 is 1.40. The molecule has 0 aliphatic heterocycles. The van der Waals surface area contributed by atoms with E-state index in [0.717, 1.165) is 11.3 Å². The SMILES string of the molecule is Cc1cccc(-n2cc(C(=O)O)c(=O)[nH]2)c1. The Kier molecular flexibility index (Phi) is 2.36. The van der Waals surface area contributed by atoms with E-state index in [1.807, 2.05) is 25.1 Å². The highest BCUT2D eigenvalue weighted by Gasteiger charge is 2.11. The molecule has 0 fully saturated rings. The van der Waals surface area contributed by atoms with Crippen LogP contribution in [0.4, 0.5) is 0 Å². The normalized spacial score (nSPS) is 10.3. The van der Waals surface area contributed by atoms with Crippen molar-refractivity contribution in [2.24, 2.45) is 0 Å². The summed E-state index contributed by atoms with van der Waals surface area (Å²) in [5.74, 6) is -1.23. The van der Waals surface area contributed by atoms with Crippen molar-refractivity contribution < 1.29 is 9.90 Å². The Morgan fingerprint density at radius 3 is 2.75 bits per heavy atom. The predicted molar refractivity (Wildman–Crippen MR) is 58.1 cm³/mol. The molecule has 0 aliphatic carbocycles. The number of carboxylic acid groups (broad SMARTS) is 1. The predicted octanol–water partition coefficient (Wildman–Crippen LogP) is 1.17. The number of aromatic carboxylic acids is 1. The van der Waals surface area contributed by atoms with Gasteiger partial charge in [-0.1, -0.05) is 12.1 Å². The second-order valence-electron chi connectivity index (χ2n) is 3.50. The molecule has 0 spiro atoms. The summed E-state index contributed by atoms with van der Waals surface area (Å²) in [5.41, 5.74) is 0.893. The van der Waals surface area contributed by atoms with Crippen molar-refractivity contribution in [3.8, 4) is 5.69 Å². The van der Waals surface area contributed by atoms with E-state index in [1.165, 1.54) is 10.9 Å². The summed E-state index contributed by atoms with van der Waals surface area (Å²) in [6, 6.07) is 7.39. The van der Waals surface area contributed by atoms with Crippen LogP contribution in [-0.4, -0.2) is 20.9 Å². The number of H-pyrrole nitrogens is 1. The Labute approximate surface area is 90.9 Å². The minimum Gasteiger partial charge on any atom is -0.477 e. The van der Waals surface area contributed by atoms with Gasteiger partial charge in [0.1, 0.15) is 5.56 Å². The van der Waals surface area contributed by atoms with E-state index in [9.17, 15) is 9.59 Å². The monoisotopic (exact) mass is 218 g/mol. The van der Waals surface area contributed by atoms with E-state index in [4.69, 9.17) is 5.11 Å². The highest BCUT2D eigenvalue weighted by molar-refractivity contribution is 5.86. The van der Waals surface area contributed by atoms with Crippen molar-refractivity contribution in [1.29, 1.82) is 0 Å². The Hall–Kier alpha value is -2.30. The quantitative estimate of drug-likeness (QED) is 0.794. The van der Waals surface area contributed by atoms with Crippen molar-refractivity contribution in [2.75, 3.05) is 0 Å². The summed E-state index contributed by atoms with van der Waals surface area (Å²) in [6.07, 6.45) is 1.28. The van der Waals surface area contributed by atoms with Crippen LogP contribution in [0.3, 0.4) is 0 Å². The molecule has 1 aromatic carbocycles. The molecule has 0 radical (unpaired) electrons. The third kappa shape index (κ3) is 1.75. The summed E-state index contributed by atoms with van der Waals surface area (Å²) in [7, 11) is 0. The first-order valence-electron chi connectivity index (χ1n) is 4.70. The minimum atomic E-state index is -1.23. The van der Waals surface area contributed by atoms with Gasteiger partial charge in [0.15, 0.2) is 0 Å². The van der Waals surface area contributed by atoms with Gasteiger partial charge >= 0.3 is 5.97 Å². The molecule has 0 atom stereocenters. The lowest BCUT2D eigenvalue weighted by Gasteiger charge is -2.02. The first-order valence-corrected chi connectivity index (χ1v) is 4.70. The van der Waals surface area contributed by atoms with Crippen LogP contribution in [0.5, 0.6) is 0 Å². The van der Waals surface area contributed by atoms with Crippen LogP contribution in [0, 0.1) is 6.92 Å². The average Bonchev–Trinajstić information content (AvgIpc) is 2.60. The van der Waals surface area contributed by atoms with Crippen LogP contribution in [0.25, 0.3) is 5.69 Å². The van der Waals surface area contributed by atoms with E-state index < -0.39 is 11.5 Å². The molecule has 2 N–H and O–H groups in total. The fraction of sp³-hybridized carbons (Fsp3) is 0.0909. The van der Waals surface area contributed by atoms with Gasteiger partial charge in [-0.15, -0.1) is 0 Å². The lowest BCUT2D eigenvalue weighted by Crippen LogP contribution is -2.11. The molecule has 5 nitrogen and oxygen atoms in total. The highest BCUT2D eigenvalue weighted by atomic mass is 16.4. The topological polar surface area (TPSA) is 75.1 Å². The van der Waals surface area contributed by atoms with Crippen LogP contribution < -0.4 is 5.56 Å². The maximum atomic E-state index is 11.3. The fourth-order valence-corrected chi connectivity index (χ4v) is 1.46. The molecule has 5 heteroatoms. The van der Waals surface area contributed by atoms with Crippen LogP contribution in [0.1, 0.15) is 15.9 Å². The van der Waals surface area contributed by atoms with Crippen LogP contribution in [0.15, 0.2) is 35.3 Å². The Morgan fingerprint density at radius 1 is 1.44 bits per heavy atom. The zero-order valence-corrected chi connectivity index (χ0v) is 8.60. The summed E-state index contributed by atoms with van der Waals surface area (Å²) in [4.78, 5) is 22.0. The standard InChI is InChI=1S/C11H10N2O3/c1-7-3-2-4-8(5-7)13-6-9(11(15)16)10(14)12-13/h2-6H,1H3,(H,12,14)(H,15,16). The maximum Gasteiger partial charge on any atom is 0.342 e. The molecule has 0 amide bonds. The molecule has 0 saturated heterocycles. The van der Waals surface area contributed by atoms with Gasteiger partial charge < -0.3 is 5.11 Å². The molecule has 2 aromatic rings. The number of benzene rings is 1. The van der Waals surface area contributed by atoms with Gasteiger partial charge in [0.25, 0.3) is 5.56 Å². The number of aryl methyl sites for hydroxylation is 1. The Bertz CT molecular complexity index is 595. The van der Waals surface area contributed by atoms with Gasteiger partial charge in [-0.2, -0.15) is 0 Å². The maximum absolute atomic E-state index is 11.3. The second kappa shape index (κ2) is 3.69. The summed E-state index contributed by atoms with van der Waals surface area (Å²) >= 11 is 0. The third-order valence-electron chi connectivity index (χ3n) is 2.24. The molecule has 16 heavy (non-hydrogen) atoms. The molecule has 82 valence electrons. The van der Waals surface area contributed by atoms with Crippen LogP contribution in [-0.2, 0) is 0 Å². The Morgan fingerprint density at radius 2 is 2.19 bits per heavy atom. The molecule has 0 saturated carbocycles. The zero-order valence-electron chi connectivity index (χ0n) is 8.60. The number of hydrogen-bond acceptors (Lipinski definition) is 2.